The fraction of sp³-hybridized carbons (Fsp3) is 0.136. The van der Waals surface area contributed by atoms with Crippen molar-refractivity contribution in [2.24, 2.45) is 0 Å². The second kappa shape index (κ2) is 9.92. The maximum Gasteiger partial charge on any atom is 0.133 e. The number of aliphatic hydroxyl groups is 1. The van der Waals surface area contributed by atoms with Crippen LogP contribution in [0.4, 0.5) is 0 Å². The lowest BCUT2D eigenvalue weighted by molar-refractivity contribution is 0.292. The van der Waals surface area contributed by atoms with E-state index in [4.69, 9.17) is 9.52 Å². The van der Waals surface area contributed by atoms with Gasteiger partial charge in [-0.3, -0.25) is 4.98 Å². The highest BCUT2D eigenvalue weighted by atomic mass is 32.1. The zero-order valence-electron chi connectivity index (χ0n) is 14.9. The van der Waals surface area contributed by atoms with Gasteiger partial charge in [0.25, 0.3) is 0 Å². The average molecular weight is 378 g/mol. The van der Waals surface area contributed by atoms with Gasteiger partial charge in [0.2, 0.25) is 0 Å². The van der Waals surface area contributed by atoms with Crippen LogP contribution in [-0.2, 0) is 6.54 Å². The van der Waals surface area contributed by atoms with Gasteiger partial charge >= 0.3 is 0 Å². The van der Waals surface area contributed by atoms with Gasteiger partial charge in [0.05, 0.1) is 12.9 Å². The topological polar surface area (TPSA) is 58.3 Å². The Labute approximate surface area is 164 Å². The summed E-state index contributed by atoms with van der Waals surface area (Å²) < 4.78 is 5.31. The first-order valence-corrected chi connectivity index (χ1v) is 9.19. The Morgan fingerprint density at radius 1 is 1.00 bits per heavy atom. The Hall–Kier alpha value is -2.60. The molecule has 138 valence electrons. The average Bonchev–Trinajstić information content (AvgIpc) is 3.25. The van der Waals surface area contributed by atoms with Gasteiger partial charge in [0.1, 0.15) is 5.76 Å². The largest absolute Gasteiger partial charge is 0.464 e. The second-order valence-corrected chi connectivity index (χ2v) is 6.43. The van der Waals surface area contributed by atoms with E-state index in [1.807, 2.05) is 54.7 Å². The van der Waals surface area contributed by atoms with Crippen molar-refractivity contribution in [2.45, 2.75) is 11.4 Å². The van der Waals surface area contributed by atoms with Crippen LogP contribution in [0.2, 0.25) is 0 Å². The number of rotatable bonds is 5. The number of aliphatic hydroxyl groups excluding tert-OH is 1. The van der Waals surface area contributed by atoms with Crippen LogP contribution in [0.3, 0.4) is 0 Å². The van der Waals surface area contributed by atoms with Crippen molar-refractivity contribution in [2.75, 3.05) is 13.2 Å². The zero-order valence-corrected chi connectivity index (χ0v) is 15.8. The molecule has 2 aromatic heterocycles. The molecule has 0 aliphatic heterocycles. The molecular weight excluding hydrogens is 356 g/mol. The summed E-state index contributed by atoms with van der Waals surface area (Å²) in [6.45, 7) is 1.57. The molecule has 2 aromatic carbocycles. The summed E-state index contributed by atoms with van der Waals surface area (Å²) >= 11 is 4.32. The molecule has 5 heteroatoms. The van der Waals surface area contributed by atoms with Crippen LogP contribution in [0.1, 0.15) is 5.56 Å². The molecule has 0 spiro atoms. The first-order chi connectivity index (χ1) is 13.3. The van der Waals surface area contributed by atoms with Crippen LogP contribution < -0.4 is 5.32 Å². The minimum Gasteiger partial charge on any atom is -0.464 e. The van der Waals surface area contributed by atoms with Crippen molar-refractivity contribution in [3.8, 4) is 11.3 Å². The maximum absolute atomic E-state index is 8.64. The van der Waals surface area contributed by atoms with E-state index < -0.39 is 0 Å². The summed E-state index contributed by atoms with van der Waals surface area (Å²) in [5, 5.41) is 14.1. The third-order valence-corrected chi connectivity index (χ3v) is 4.43. The summed E-state index contributed by atoms with van der Waals surface area (Å²) in [5.74, 6) is 0.884. The van der Waals surface area contributed by atoms with Gasteiger partial charge in [-0.25, -0.2) is 0 Å². The van der Waals surface area contributed by atoms with Crippen molar-refractivity contribution in [3.05, 3.63) is 84.9 Å². The number of nitrogens with zero attached hydrogens (tertiary/aromatic N) is 1. The van der Waals surface area contributed by atoms with Crippen molar-refractivity contribution < 1.29 is 9.52 Å². The van der Waals surface area contributed by atoms with Crippen molar-refractivity contribution in [1.82, 2.24) is 10.3 Å². The third-order valence-electron chi connectivity index (χ3n) is 4.04. The quantitative estimate of drug-likeness (QED) is 0.352. The van der Waals surface area contributed by atoms with E-state index >= 15 is 0 Å². The Kier molecular flexibility index (Phi) is 7.04. The summed E-state index contributed by atoms with van der Waals surface area (Å²) in [6.07, 6.45) is 5.29. The zero-order chi connectivity index (χ0) is 18.9. The normalized spacial score (nSPS) is 10.4. The van der Waals surface area contributed by atoms with Crippen molar-refractivity contribution >= 4 is 23.4 Å². The highest BCUT2D eigenvalue weighted by molar-refractivity contribution is 7.80. The number of benzene rings is 2. The molecule has 0 radical (unpaired) electrons. The molecular formula is C22H22N2O2S. The van der Waals surface area contributed by atoms with Crippen LogP contribution in [-0.4, -0.2) is 23.2 Å². The Balaban J connectivity index is 0.000000166. The lowest BCUT2D eigenvalue weighted by Gasteiger charge is -2.03. The van der Waals surface area contributed by atoms with Gasteiger partial charge in [0, 0.05) is 41.3 Å². The van der Waals surface area contributed by atoms with E-state index in [0.717, 1.165) is 33.5 Å². The number of nitrogens with one attached hydrogen (secondary N) is 1. The molecule has 4 rings (SSSR count). The Morgan fingerprint density at radius 2 is 1.85 bits per heavy atom. The smallest absolute Gasteiger partial charge is 0.133 e. The fourth-order valence-corrected chi connectivity index (χ4v) is 2.94. The van der Waals surface area contributed by atoms with Crippen LogP contribution in [0.25, 0.3) is 22.1 Å². The number of fused-ring (bicyclic) bond motifs is 1. The molecule has 0 atom stereocenters. The molecule has 2 N–H and O–H groups in total. The summed E-state index contributed by atoms with van der Waals surface area (Å²) in [7, 11) is 0. The molecule has 0 aliphatic carbocycles. The van der Waals surface area contributed by atoms with E-state index in [9.17, 15) is 0 Å². The number of hydrogen-bond acceptors (Lipinski definition) is 5. The van der Waals surface area contributed by atoms with Gasteiger partial charge in [-0.15, -0.1) is 12.6 Å². The highest BCUT2D eigenvalue weighted by Crippen LogP contribution is 2.20. The third kappa shape index (κ3) is 5.44. The molecule has 0 saturated carbocycles. The molecule has 0 amide bonds. The second-order valence-electron chi connectivity index (χ2n) is 5.95. The van der Waals surface area contributed by atoms with Gasteiger partial charge in [0.15, 0.2) is 0 Å². The minimum atomic E-state index is 0.171. The highest BCUT2D eigenvalue weighted by Gasteiger charge is 1.99. The molecule has 0 fully saturated rings. The SMILES string of the molecule is OCCNCc1ccc(-c2ccco2)cc1.Sc1cccc2cnccc12. The van der Waals surface area contributed by atoms with Crippen LogP contribution >= 0.6 is 12.6 Å². The van der Waals surface area contributed by atoms with Crippen LogP contribution in [0, 0.1) is 0 Å². The molecule has 0 saturated heterocycles. The predicted octanol–water partition coefficient (Wildman–Crippen LogP) is 4.55. The van der Waals surface area contributed by atoms with E-state index in [0.29, 0.717) is 6.54 Å². The molecule has 0 unspecified atom stereocenters. The predicted molar refractivity (Wildman–Crippen MR) is 112 cm³/mol. The van der Waals surface area contributed by atoms with E-state index in [-0.39, 0.29) is 6.61 Å². The fourth-order valence-electron chi connectivity index (χ4n) is 2.65. The summed E-state index contributed by atoms with van der Waals surface area (Å²) in [5.41, 5.74) is 2.28. The Bertz CT molecular complexity index is 948. The van der Waals surface area contributed by atoms with Gasteiger partial charge in [-0.2, -0.15) is 0 Å². The number of aromatic nitrogens is 1. The first kappa shape index (κ1) is 19.2. The molecule has 0 aliphatic rings. The van der Waals surface area contributed by atoms with Gasteiger partial charge < -0.3 is 14.8 Å². The lowest BCUT2D eigenvalue weighted by atomic mass is 10.1. The van der Waals surface area contributed by atoms with Gasteiger partial charge in [-0.05, 0) is 35.2 Å². The molecule has 4 nitrogen and oxygen atoms in total. The standard InChI is InChI=1S/C13H15NO2.C9H7NS/c15-8-7-14-10-11-3-5-12(6-4-11)13-2-1-9-16-13;11-9-3-1-2-7-6-10-5-4-8(7)9/h1-6,9,14-15H,7-8,10H2;1-6,11H. The van der Waals surface area contributed by atoms with E-state index in [2.05, 4.69) is 35.1 Å². The number of furan rings is 1. The number of thiol groups is 1. The molecule has 4 aromatic rings. The summed E-state index contributed by atoms with van der Waals surface area (Å²) in [4.78, 5) is 5.02. The molecule has 27 heavy (non-hydrogen) atoms. The van der Waals surface area contributed by atoms with Crippen molar-refractivity contribution in [1.29, 1.82) is 0 Å². The lowest BCUT2D eigenvalue weighted by Crippen LogP contribution is -2.17. The van der Waals surface area contributed by atoms with Crippen LogP contribution in [0.5, 0.6) is 0 Å². The number of hydrogen-bond donors (Lipinski definition) is 3. The van der Waals surface area contributed by atoms with Crippen molar-refractivity contribution in [3.63, 3.8) is 0 Å². The van der Waals surface area contributed by atoms with E-state index in [1.54, 1.807) is 12.5 Å². The minimum absolute atomic E-state index is 0.171. The molecule has 2 heterocycles. The van der Waals surface area contributed by atoms with E-state index in [1.165, 1.54) is 5.56 Å². The monoisotopic (exact) mass is 378 g/mol. The molecule has 0 bridgehead atoms. The maximum atomic E-state index is 8.64. The number of pyridine rings is 1. The first-order valence-electron chi connectivity index (χ1n) is 8.74. The Morgan fingerprint density at radius 3 is 2.56 bits per heavy atom. The van der Waals surface area contributed by atoms with Crippen LogP contribution in [0.15, 0.2) is 88.6 Å². The summed E-state index contributed by atoms with van der Waals surface area (Å²) in [6, 6.07) is 20.0. The van der Waals surface area contributed by atoms with Gasteiger partial charge in [-0.1, -0.05) is 36.4 Å².